The van der Waals surface area contributed by atoms with Crippen molar-refractivity contribution in [2.75, 3.05) is 33.4 Å². The van der Waals surface area contributed by atoms with Gasteiger partial charge in [-0.25, -0.2) is 0 Å². The molecular weight excluding hydrogens is 452 g/mol. The Balaban J connectivity index is 1.41. The fourth-order valence-corrected chi connectivity index (χ4v) is 7.06. The van der Waals surface area contributed by atoms with Gasteiger partial charge < -0.3 is 19.3 Å². The van der Waals surface area contributed by atoms with E-state index >= 15 is 0 Å². The molecule has 3 aliphatic rings. The third kappa shape index (κ3) is 3.71. The van der Waals surface area contributed by atoms with E-state index in [1.807, 2.05) is 30.6 Å². The quantitative estimate of drug-likeness (QED) is 0.592. The molecule has 1 N–H and O–H groups in total. The van der Waals surface area contributed by atoms with Gasteiger partial charge in [0.25, 0.3) is 0 Å². The molecule has 36 heavy (non-hydrogen) atoms. The van der Waals surface area contributed by atoms with Crippen LogP contribution in [0.2, 0.25) is 0 Å². The molecule has 1 aromatic carbocycles. The number of amides is 1. The van der Waals surface area contributed by atoms with Crippen LogP contribution in [0.1, 0.15) is 55.0 Å². The molecular formula is C29H36N4O3. The lowest BCUT2D eigenvalue weighted by molar-refractivity contribution is -0.146. The molecule has 1 amide bonds. The van der Waals surface area contributed by atoms with Crippen LogP contribution in [-0.4, -0.2) is 63.7 Å². The topological polar surface area (TPSA) is 70.8 Å². The second-order valence-electron chi connectivity index (χ2n) is 11.0. The number of hydrogen-bond donors (Lipinski definition) is 1. The lowest BCUT2D eigenvalue weighted by Crippen LogP contribution is -2.68. The van der Waals surface area contributed by atoms with Crippen molar-refractivity contribution in [3.63, 3.8) is 0 Å². The van der Waals surface area contributed by atoms with Crippen molar-refractivity contribution in [1.82, 2.24) is 19.4 Å². The Bertz CT molecular complexity index is 1260. The van der Waals surface area contributed by atoms with E-state index in [4.69, 9.17) is 4.74 Å². The molecule has 6 rings (SSSR count). The number of ether oxygens (including phenoxy) is 1. The summed E-state index contributed by atoms with van der Waals surface area (Å²) in [6.45, 7) is 3.07. The molecule has 0 radical (unpaired) electrons. The van der Waals surface area contributed by atoms with Gasteiger partial charge in [-0.05, 0) is 48.2 Å². The molecule has 1 saturated carbocycles. The van der Waals surface area contributed by atoms with Crippen LogP contribution in [0.4, 0.5) is 0 Å². The highest BCUT2D eigenvalue weighted by Gasteiger charge is 2.55. The molecule has 2 aromatic heterocycles. The number of fused-ring (bicyclic) bond motifs is 4. The number of likely N-dealkylation sites (tertiary alicyclic amines) is 1. The Morgan fingerprint density at radius 1 is 1.11 bits per heavy atom. The minimum atomic E-state index is -0.146. The number of carbonyl (C=O) groups excluding carboxylic acids is 1. The minimum absolute atomic E-state index is 0.0418. The molecule has 2 aliphatic heterocycles. The van der Waals surface area contributed by atoms with Crippen LogP contribution in [-0.2, 0) is 23.8 Å². The zero-order valence-electron chi connectivity index (χ0n) is 21.3. The van der Waals surface area contributed by atoms with Gasteiger partial charge in [0.2, 0.25) is 5.91 Å². The summed E-state index contributed by atoms with van der Waals surface area (Å²) in [5.41, 5.74) is 4.61. The molecule has 1 spiro atoms. The van der Waals surface area contributed by atoms with Crippen LogP contribution in [0.5, 0.6) is 5.75 Å². The maximum atomic E-state index is 13.4. The Morgan fingerprint density at radius 2 is 1.86 bits per heavy atom. The number of pyridine rings is 1. The molecule has 1 aliphatic carbocycles. The van der Waals surface area contributed by atoms with E-state index in [2.05, 4.69) is 38.5 Å². The van der Waals surface area contributed by atoms with Crippen molar-refractivity contribution >= 4 is 16.8 Å². The van der Waals surface area contributed by atoms with Crippen LogP contribution in [0, 0.1) is 5.92 Å². The van der Waals surface area contributed by atoms with Crippen molar-refractivity contribution in [1.29, 1.82) is 0 Å². The van der Waals surface area contributed by atoms with E-state index in [0.717, 1.165) is 56.0 Å². The molecule has 2 fully saturated rings. The summed E-state index contributed by atoms with van der Waals surface area (Å²) >= 11 is 0. The number of methoxy groups -OCH3 is 1. The maximum absolute atomic E-state index is 13.4. The number of rotatable bonds is 5. The fourth-order valence-electron chi connectivity index (χ4n) is 7.06. The molecule has 3 aromatic rings. The molecule has 1 atom stereocenters. The number of aromatic nitrogens is 2. The molecule has 190 valence electrons. The van der Waals surface area contributed by atoms with Crippen LogP contribution in [0.15, 0.2) is 42.7 Å². The van der Waals surface area contributed by atoms with Crippen LogP contribution >= 0.6 is 0 Å². The van der Waals surface area contributed by atoms with Crippen LogP contribution in [0.25, 0.3) is 10.9 Å². The number of carbonyl (C=O) groups is 1. The molecule has 1 saturated heterocycles. The minimum Gasteiger partial charge on any atom is -0.497 e. The summed E-state index contributed by atoms with van der Waals surface area (Å²) < 4.78 is 7.77. The van der Waals surface area contributed by atoms with E-state index < -0.39 is 0 Å². The number of hydrogen-bond acceptors (Lipinski definition) is 5. The highest BCUT2D eigenvalue weighted by molar-refractivity contribution is 5.90. The standard InChI is InChI=1S/C29H36N4O3/c1-31-24-14-22(36-2)8-9-23(24)26-27(31)25(16-34)32(15-20-10-12-30-13-11-20)17-29(26)18-33(19-29)28(35)21-6-4-3-5-7-21/h8-14,21,25,34H,3-7,15-19H2,1-2H3/t25-/m1/s1. The van der Waals surface area contributed by atoms with Crippen LogP contribution < -0.4 is 4.74 Å². The van der Waals surface area contributed by atoms with Gasteiger partial charge in [-0.1, -0.05) is 19.3 Å². The zero-order chi connectivity index (χ0) is 24.9. The number of benzene rings is 1. The third-order valence-corrected chi connectivity index (χ3v) is 8.81. The van der Waals surface area contributed by atoms with Gasteiger partial charge in [0.05, 0.1) is 25.3 Å². The van der Waals surface area contributed by atoms with Crippen LogP contribution in [0.3, 0.4) is 0 Å². The van der Waals surface area contributed by atoms with Gasteiger partial charge in [-0.15, -0.1) is 0 Å². The molecule has 0 bridgehead atoms. The van der Waals surface area contributed by atoms with E-state index in [9.17, 15) is 9.90 Å². The predicted molar refractivity (Wildman–Crippen MR) is 139 cm³/mol. The van der Waals surface area contributed by atoms with E-state index in [-0.39, 0.29) is 24.0 Å². The van der Waals surface area contributed by atoms with Gasteiger partial charge in [-0.2, -0.15) is 0 Å². The van der Waals surface area contributed by atoms with Gasteiger partial charge in [0.1, 0.15) is 5.75 Å². The largest absolute Gasteiger partial charge is 0.497 e. The number of nitrogens with zero attached hydrogens (tertiary/aromatic N) is 4. The van der Waals surface area contributed by atoms with Gasteiger partial charge in [-0.3, -0.25) is 14.7 Å². The summed E-state index contributed by atoms with van der Waals surface area (Å²) in [6, 6.07) is 10.2. The predicted octanol–water partition coefficient (Wildman–Crippen LogP) is 3.79. The lowest BCUT2D eigenvalue weighted by atomic mass is 9.68. The first-order valence-electron chi connectivity index (χ1n) is 13.2. The van der Waals surface area contributed by atoms with E-state index in [1.54, 1.807) is 7.11 Å². The number of aliphatic hydroxyl groups excluding tert-OH is 1. The highest BCUT2D eigenvalue weighted by atomic mass is 16.5. The average Bonchev–Trinajstić information content (AvgIpc) is 3.19. The molecule has 4 heterocycles. The third-order valence-electron chi connectivity index (χ3n) is 8.81. The summed E-state index contributed by atoms with van der Waals surface area (Å²) in [5.74, 6) is 1.36. The second-order valence-corrected chi connectivity index (χ2v) is 11.0. The Hall–Kier alpha value is -2.90. The zero-order valence-corrected chi connectivity index (χ0v) is 21.3. The lowest BCUT2D eigenvalue weighted by Gasteiger charge is -2.57. The van der Waals surface area contributed by atoms with Crippen molar-refractivity contribution in [2.45, 2.75) is 50.1 Å². The number of aryl methyl sites for hydroxylation is 1. The maximum Gasteiger partial charge on any atom is 0.225 e. The molecule has 0 unspecified atom stereocenters. The second kappa shape index (κ2) is 9.20. The monoisotopic (exact) mass is 488 g/mol. The summed E-state index contributed by atoms with van der Waals surface area (Å²) in [5, 5.41) is 11.9. The van der Waals surface area contributed by atoms with Crippen molar-refractivity contribution in [3.8, 4) is 5.75 Å². The highest BCUT2D eigenvalue weighted by Crippen LogP contribution is 2.50. The van der Waals surface area contributed by atoms with Crippen molar-refractivity contribution in [3.05, 3.63) is 59.5 Å². The van der Waals surface area contributed by atoms with Gasteiger partial charge in [0, 0.05) is 74.1 Å². The Morgan fingerprint density at radius 3 is 2.56 bits per heavy atom. The summed E-state index contributed by atoms with van der Waals surface area (Å²) in [4.78, 5) is 22.1. The van der Waals surface area contributed by atoms with Gasteiger partial charge in [0.15, 0.2) is 0 Å². The van der Waals surface area contributed by atoms with Crippen molar-refractivity contribution in [2.24, 2.45) is 13.0 Å². The van der Waals surface area contributed by atoms with E-state index in [1.165, 1.54) is 35.8 Å². The molecule has 7 nitrogen and oxygen atoms in total. The smallest absolute Gasteiger partial charge is 0.225 e. The summed E-state index contributed by atoms with van der Waals surface area (Å²) in [6.07, 6.45) is 9.30. The Kier molecular flexibility index (Phi) is 6.00. The van der Waals surface area contributed by atoms with Gasteiger partial charge >= 0.3 is 0 Å². The first-order chi connectivity index (χ1) is 17.5. The first-order valence-corrected chi connectivity index (χ1v) is 13.2. The number of aliphatic hydroxyl groups is 1. The molecule has 7 heteroatoms. The normalized spacial score (nSPS) is 22.0. The van der Waals surface area contributed by atoms with Crippen molar-refractivity contribution < 1.29 is 14.6 Å². The average molecular weight is 489 g/mol. The summed E-state index contributed by atoms with van der Waals surface area (Å²) in [7, 11) is 3.79. The first kappa shape index (κ1) is 23.5. The Labute approximate surface area is 212 Å². The fraction of sp³-hybridized carbons (Fsp3) is 0.517. The van der Waals surface area contributed by atoms with E-state index in [0.29, 0.717) is 5.91 Å². The SMILES string of the molecule is COc1ccc2c3c(n(C)c2c1)[C@@H](CO)N(Cc1ccncc1)CC31CN(C(=O)C2CCCCC2)C1.